The summed E-state index contributed by atoms with van der Waals surface area (Å²) in [5.41, 5.74) is -1.54. The fourth-order valence-electron chi connectivity index (χ4n) is 5.42. The van der Waals surface area contributed by atoms with Crippen LogP contribution in [0.3, 0.4) is 0 Å². The van der Waals surface area contributed by atoms with Gasteiger partial charge in [0.05, 0.1) is 30.2 Å². The molecule has 2 saturated heterocycles. The summed E-state index contributed by atoms with van der Waals surface area (Å²) >= 11 is 0. The summed E-state index contributed by atoms with van der Waals surface area (Å²) in [6, 6.07) is -1.29. The van der Waals surface area contributed by atoms with Crippen LogP contribution in [0.1, 0.15) is 40.5 Å². The molecule has 0 bridgehead atoms. The number of carbonyl (C=O) groups is 5. The zero-order chi connectivity index (χ0) is 30.4. The van der Waals surface area contributed by atoms with Gasteiger partial charge in [-0.15, -0.1) is 0 Å². The minimum atomic E-state index is -1.69. The largest absolute Gasteiger partial charge is 0.454 e. The number of Topliss-reactive ketones (excluding diaryl/α,β-unsaturated/α-hetero) is 1. The van der Waals surface area contributed by atoms with Gasteiger partial charge in [0.1, 0.15) is 19.0 Å². The van der Waals surface area contributed by atoms with Gasteiger partial charge in [-0.1, -0.05) is 46.1 Å². The quantitative estimate of drug-likeness (QED) is 0.112. The molecule has 2 rings (SSSR count). The number of rotatable bonds is 12. The Morgan fingerprint density at radius 3 is 2.17 bits per heavy atom. The Kier molecular flexibility index (Phi) is 11.4. The van der Waals surface area contributed by atoms with Crippen LogP contribution in [0, 0.1) is 17.3 Å². The van der Waals surface area contributed by atoms with E-state index in [2.05, 4.69) is 13.2 Å². The van der Waals surface area contributed by atoms with Gasteiger partial charge in [-0.2, -0.15) is 0 Å². The van der Waals surface area contributed by atoms with Gasteiger partial charge in [0.15, 0.2) is 9.04 Å². The number of amides is 3. The fraction of sp³-hybridized carbons (Fsp3) is 0.679. The molecule has 0 saturated carbocycles. The monoisotopic (exact) mass is 580 g/mol. The average Bonchev–Trinajstić information content (AvgIpc) is 3.28. The maximum Gasteiger partial charge on any atom is 0.410 e. The highest BCUT2D eigenvalue weighted by molar-refractivity contribution is 6.48. The van der Waals surface area contributed by atoms with Crippen LogP contribution in [-0.4, -0.2) is 99.7 Å². The molecule has 0 spiro atoms. The Morgan fingerprint density at radius 2 is 1.65 bits per heavy atom. The molecule has 224 valence electrons. The van der Waals surface area contributed by atoms with Crippen LogP contribution in [0.15, 0.2) is 25.3 Å². The van der Waals surface area contributed by atoms with Crippen LogP contribution >= 0.6 is 0 Å². The van der Waals surface area contributed by atoms with Gasteiger partial charge in [0.2, 0.25) is 5.91 Å². The molecule has 2 fully saturated rings. The lowest BCUT2D eigenvalue weighted by atomic mass is 9.62. The fourth-order valence-corrected chi connectivity index (χ4v) is 6.90. The van der Waals surface area contributed by atoms with Crippen molar-refractivity contribution in [3.63, 3.8) is 0 Å². The van der Waals surface area contributed by atoms with Gasteiger partial charge in [-0.3, -0.25) is 19.3 Å². The van der Waals surface area contributed by atoms with E-state index in [0.29, 0.717) is 6.42 Å². The zero-order valence-corrected chi connectivity index (χ0v) is 25.9. The van der Waals surface area contributed by atoms with E-state index >= 15 is 0 Å². The van der Waals surface area contributed by atoms with Gasteiger partial charge in [-0.25, -0.2) is 9.59 Å². The Balaban J connectivity index is 2.39. The summed E-state index contributed by atoms with van der Waals surface area (Å²) in [6.45, 7) is 18.8. The van der Waals surface area contributed by atoms with E-state index in [1.165, 1.54) is 24.2 Å². The lowest BCUT2D eigenvalue weighted by molar-refractivity contribution is -0.194. The SMILES string of the molecule is C=CCOC(=O)C(=O)N1C(=O)[C@H]([C@@](C)(O[SiH](C)C)C(C)(C)C)[C@H]1CC(=O)C1C[C@@H](COC)N(C(=O)OCC=C)C1. The first-order chi connectivity index (χ1) is 18.6. The molecule has 0 aromatic rings. The van der Waals surface area contributed by atoms with Crippen molar-refractivity contribution < 1.29 is 42.6 Å². The first kappa shape index (κ1) is 33.4. The summed E-state index contributed by atoms with van der Waals surface area (Å²) in [7, 11) is -0.185. The smallest absolute Gasteiger partial charge is 0.410 e. The number of β-lactam (4-membered cyclic amide) rings is 1. The third kappa shape index (κ3) is 7.08. The molecule has 40 heavy (non-hydrogen) atoms. The van der Waals surface area contributed by atoms with E-state index < -0.39 is 61.8 Å². The minimum absolute atomic E-state index is 0.0308. The lowest BCUT2D eigenvalue weighted by Gasteiger charge is -2.57. The Hall–Kier alpha value is -2.83. The van der Waals surface area contributed by atoms with Gasteiger partial charge in [0, 0.05) is 26.0 Å². The minimum Gasteiger partial charge on any atom is -0.454 e. The van der Waals surface area contributed by atoms with Crippen LogP contribution in [0.5, 0.6) is 0 Å². The number of likely N-dealkylation sites (tertiary alicyclic amines) is 2. The molecular weight excluding hydrogens is 536 g/mol. The molecule has 2 heterocycles. The maximum atomic E-state index is 13.7. The Labute approximate surface area is 238 Å². The maximum absolute atomic E-state index is 13.7. The molecule has 0 radical (unpaired) electrons. The van der Waals surface area contributed by atoms with Gasteiger partial charge in [-0.05, 0) is 31.9 Å². The van der Waals surface area contributed by atoms with Crippen LogP contribution in [0.2, 0.25) is 13.1 Å². The predicted molar refractivity (Wildman–Crippen MR) is 150 cm³/mol. The number of hydrogen-bond donors (Lipinski definition) is 0. The van der Waals surface area contributed by atoms with E-state index in [9.17, 15) is 24.0 Å². The second-order valence-electron chi connectivity index (χ2n) is 11.7. The van der Waals surface area contributed by atoms with Crippen molar-refractivity contribution in [1.82, 2.24) is 9.80 Å². The highest BCUT2D eigenvalue weighted by Crippen LogP contribution is 2.49. The van der Waals surface area contributed by atoms with Crippen molar-refractivity contribution in [2.45, 2.75) is 71.3 Å². The Morgan fingerprint density at radius 1 is 1.05 bits per heavy atom. The summed E-state index contributed by atoms with van der Waals surface area (Å²) in [5.74, 6) is -4.55. The average molecular weight is 581 g/mol. The van der Waals surface area contributed by atoms with E-state index in [4.69, 9.17) is 18.6 Å². The van der Waals surface area contributed by atoms with Crippen LogP contribution in [0.25, 0.3) is 0 Å². The molecule has 2 aliphatic heterocycles. The molecule has 12 heteroatoms. The third-order valence-electron chi connectivity index (χ3n) is 7.71. The normalized spacial score (nSPS) is 24.2. The van der Waals surface area contributed by atoms with Crippen molar-refractivity contribution in [2.75, 3.05) is 33.5 Å². The van der Waals surface area contributed by atoms with Crippen LogP contribution < -0.4 is 0 Å². The number of nitrogens with zero attached hydrogens (tertiary/aromatic N) is 2. The van der Waals surface area contributed by atoms with E-state index in [-0.39, 0.29) is 44.6 Å². The third-order valence-corrected chi connectivity index (χ3v) is 8.67. The molecule has 3 amide bonds. The molecule has 11 nitrogen and oxygen atoms in total. The molecule has 5 atom stereocenters. The summed E-state index contributed by atoms with van der Waals surface area (Å²) in [6.07, 6.45) is 2.34. The van der Waals surface area contributed by atoms with Crippen molar-refractivity contribution in [3.05, 3.63) is 25.3 Å². The number of carbonyl (C=O) groups excluding carboxylic acids is 5. The lowest BCUT2D eigenvalue weighted by Crippen LogP contribution is -2.74. The summed E-state index contributed by atoms with van der Waals surface area (Å²) in [4.78, 5) is 67.6. The number of methoxy groups -OCH3 is 1. The van der Waals surface area contributed by atoms with E-state index in [1.54, 1.807) is 0 Å². The Bertz CT molecular complexity index is 1010. The number of ketones is 1. The molecule has 0 N–H and O–H groups in total. The second kappa shape index (κ2) is 13.7. The van der Waals surface area contributed by atoms with Crippen molar-refractivity contribution in [3.8, 4) is 0 Å². The molecular formula is C28H44N2O9Si. The first-order valence-electron chi connectivity index (χ1n) is 13.5. The highest BCUT2D eigenvalue weighted by Gasteiger charge is 2.63. The number of imide groups is 1. The number of ether oxygens (including phenoxy) is 3. The van der Waals surface area contributed by atoms with E-state index in [0.717, 1.165) is 4.90 Å². The number of esters is 1. The van der Waals surface area contributed by atoms with Crippen LogP contribution in [0.4, 0.5) is 4.79 Å². The molecule has 0 aliphatic carbocycles. The van der Waals surface area contributed by atoms with Crippen molar-refractivity contribution in [1.29, 1.82) is 0 Å². The molecule has 0 aromatic heterocycles. The van der Waals surface area contributed by atoms with Gasteiger partial charge >= 0.3 is 18.0 Å². The topological polar surface area (TPSA) is 129 Å². The summed E-state index contributed by atoms with van der Waals surface area (Å²) in [5, 5.41) is 0. The molecule has 1 unspecified atom stereocenters. The number of hydrogen-bond acceptors (Lipinski definition) is 9. The molecule has 2 aliphatic rings. The highest BCUT2D eigenvalue weighted by atomic mass is 28.3. The van der Waals surface area contributed by atoms with Crippen molar-refractivity contribution >= 4 is 38.7 Å². The van der Waals surface area contributed by atoms with Crippen LogP contribution in [-0.2, 0) is 37.8 Å². The van der Waals surface area contributed by atoms with E-state index in [1.807, 2.05) is 40.8 Å². The van der Waals surface area contributed by atoms with Gasteiger partial charge < -0.3 is 23.5 Å². The summed E-state index contributed by atoms with van der Waals surface area (Å²) < 4.78 is 21.8. The first-order valence-corrected chi connectivity index (χ1v) is 16.3. The molecule has 0 aromatic carbocycles. The standard InChI is InChI=1S/C28H44N2O9Si/c1-10-12-37-25(34)24(33)30-20(22(23(30)32)28(6,27(3,4)5)39-40(8)9)15-21(31)18-14-19(17-36-7)29(16-18)26(35)38-13-11-2/h10-11,18-20,22,40H,1-2,12-17H2,3-9H3/t18?,19-,20+,22+,28+/m0/s1. The van der Waals surface area contributed by atoms with Gasteiger partial charge in [0.25, 0.3) is 0 Å². The zero-order valence-electron chi connectivity index (χ0n) is 24.8. The predicted octanol–water partition coefficient (Wildman–Crippen LogP) is 2.49. The van der Waals surface area contributed by atoms with Crippen molar-refractivity contribution in [2.24, 2.45) is 17.3 Å². The second-order valence-corrected chi connectivity index (χ2v) is 14.0.